The van der Waals surface area contributed by atoms with Crippen molar-refractivity contribution in [2.24, 2.45) is 5.92 Å². The molecule has 172 valence electrons. The molecule has 1 aromatic heterocycles. The predicted molar refractivity (Wildman–Crippen MR) is 112 cm³/mol. The van der Waals surface area contributed by atoms with Crippen LogP contribution in [0.15, 0.2) is 36.5 Å². The summed E-state index contributed by atoms with van der Waals surface area (Å²) in [4.78, 5) is 18.6. The molecule has 2 aliphatic rings. The van der Waals surface area contributed by atoms with Crippen LogP contribution in [0.2, 0.25) is 0 Å². The van der Waals surface area contributed by atoms with Gasteiger partial charge in [-0.1, -0.05) is 0 Å². The lowest BCUT2D eigenvalue weighted by molar-refractivity contribution is -0.274. The quantitative estimate of drug-likeness (QED) is 0.513. The molecule has 0 saturated carbocycles. The fraction of sp³-hybridized carbons (Fsp3) is 0.429. The number of carbonyl (C=O) groups is 1. The standard InChI is InChI=1S/C21H24F3N5O3/c1-25-18(12-10-26-11-12)17-15(29-9-7-16(30)20(29)31)6-8-27-19(17)28-13-2-4-14(5-3-13)32-21(22,23)24/h2-6,8,12,16,18,25-26,30H,7,9-11H2,1H3,(H,27,28). The molecule has 11 heteroatoms. The molecule has 2 aromatic rings. The first-order chi connectivity index (χ1) is 15.3. The molecule has 2 unspecified atom stereocenters. The van der Waals surface area contributed by atoms with Crippen LogP contribution >= 0.6 is 0 Å². The van der Waals surface area contributed by atoms with Crippen molar-refractivity contribution in [3.05, 3.63) is 42.1 Å². The summed E-state index contributed by atoms with van der Waals surface area (Å²) in [5.41, 5.74) is 1.92. The maximum Gasteiger partial charge on any atom is 0.573 e. The number of halogens is 3. The fourth-order valence-corrected chi connectivity index (χ4v) is 4.05. The second-order valence-corrected chi connectivity index (χ2v) is 7.77. The van der Waals surface area contributed by atoms with Gasteiger partial charge in [0.15, 0.2) is 0 Å². The normalized spacial score (nSPS) is 20.2. The highest BCUT2D eigenvalue weighted by atomic mass is 19.4. The summed E-state index contributed by atoms with van der Waals surface area (Å²) >= 11 is 0. The number of alkyl halides is 3. The molecule has 2 aliphatic heterocycles. The first-order valence-electron chi connectivity index (χ1n) is 10.3. The summed E-state index contributed by atoms with van der Waals surface area (Å²) in [5, 5.41) is 19.7. The molecule has 0 bridgehead atoms. The molecule has 0 aliphatic carbocycles. The number of benzene rings is 1. The van der Waals surface area contributed by atoms with E-state index in [9.17, 15) is 23.1 Å². The molecule has 2 saturated heterocycles. The van der Waals surface area contributed by atoms with E-state index in [0.29, 0.717) is 30.2 Å². The highest BCUT2D eigenvalue weighted by Crippen LogP contribution is 2.39. The van der Waals surface area contributed by atoms with Crippen molar-refractivity contribution >= 4 is 23.1 Å². The highest BCUT2D eigenvalue weighted by Gasteiger charge is 2.37. The van der Waals surface area contributed by atoms with E-state index in [1.54, 1.807) is 17.2 Å². The number of carbonyl (C=O) groups excluding carboxylic acids is 1. The lowest BCUT2D eigenvalue weighted by Crippen LogP contribution is -2.49. The van der Waals surface area contributed by atoms with Gasteiger partial charge < -0.3 is 30.7 Å². The Labute approximate surface area is 182 Å². The van der Waals surface area contributed by atoms with E-state index in [2.05, 4.69) is 25.7 Å². The fourth-order valence-electron chi connectivity index (χ4n) is 4.05. The van der Waals surface area contributed by atoms with Crippen molar-refractivity contribution in [2.75, 3.05) is 36.9 Å². The third kappa shape index (κ3) is 4.64. The molecule has 32 heavy (non-hydrogen) atoms. The largest absolute Gasteiger partial charge is 0.573 e. The maximum atomic E-state index is 12.5. The van der Waals surface area contributed by atoms with E-state index < -0.39 is 12.5 Å². The van der Waals surface area contributed by atoms with Crippen molar-refractivity contribution in [1.82, 2.24) is 15.6 Å². The summed E-state index contributed by atoms with van der Waals surface area (Å²) in [7, 11) is 1.83. The second-order valence-electron chi connectivity index (χ2n) is 7.77. The van der Waals surface area contributed by atoms with Crippen LogP contribution in [-0.2, 0) is 4.79 Å². The van der Waals surface area contributed by atoms with Crippen molar-refractivity contribution in [2.45, 2.75) is 24.9 Å². The van der Waals surface area contributed by atoms with Crippen LogP contribution in [0.1, 0.15) is 18.0 Å². The van der Waals surface area contributed by atoms with Crippen LogP contribution in [0.5, 0.6) is 5.75 Å². The van der Waals surface area contributed by atoms with Gasteiger partial charge in [0.05, 0.1) is 5.69 Å². The SMILES string of the molecule is CNC(c1c(N2CCC(O)C2=O)ccnc1Nc1ccc(OC(F)(F)F)cc1)C1CNC1. The van der Waals surface area contributed by atoms with Crippen molar-refractivity contribution in [3.8, 4) is 5.75 Å². The molecule has 2 atom stereocenters. The number of nitrogens with one attached hydrogen (secondary N) is 3. The second kappa shape index (κ2) is 8.93. The zero-order valence-corrected chi connectivity index (χ0v) is 17.3. The van der Waals surface area contributed by atoms with Gasteiger partial charge in [-0.05, 0) is 37.4 Å². The molecular formula is C21H24F3N5O3. The van der Waals surface area contributed by atoms with Gasteiger partial charge >= 0.3 is 6.36 Å². The Morgan fingerprint density at radius 1 is 1.25 bits per heavy atom. The van der Waals surface area contributed by atoms with E-state index in [1.807, 2.05) is 7.05 Å². The molecule has 0 radical (unpaired) electrons. The molecule has 1 amide bonds. The average Bonchev–Trinajstić information content (AvgIpc) is 3.03. The van der Waals surface area contributed by atoms with Crippen molar-refractivity contribution in [1.29, 1.82) is 0 Å². The first kappa shape index (κ1) is 22.3. The number of aliphatic hydroxyl groups excluding tert-OH is 1. The topological polar surface area (TPSA) is 98.8 Å². The van der Waals surface area contributed by atoms with Gasteiger partial charge in [-0.15, -0.1) is 13.2 Å². The number of aromatic nitrogens is 1. The van der Waals surface area contributed by atoms with Crippen molar-refractivity contribution in [3.63, 3.8) is 0 Å². The minimum Gasteiger partial charge on any atom is -0.406 e. The van der Waals surface area contributed by atoms with Crippen LogP contribution < -0.4 is 25.6 Å². The molecule has 4 N–H and O–H groups in total. The number of ether oxygens (including phenoxy) is 1. The van der Waals surface area contributed by atoms with E-state index in [-0.39, 0.29) is 23.6 Å². The molecule has 3 heterocycles. The summed E-state index contributed by atoms with van der Waals surface area (Å²) in [6.07, 6.45) is -3.89. The van der Waals surface area contributed by atoms with Gasteiger partial charge in [0.25, 0.3) is 5.91 Å². The van der Waals surface area contributed by atoms with E-state index in [4.69, 9.17) is 0 Å². The van der Waals surface area contributed by atoms with Gasteiger partial charge in [-0.25, -0.2) is 4.98 Å². The number of nitrogens with zero attached hydrogens (tertiary/aromatic N) is 2. The predicted octanol–water partition coefficient (Wildman–Crippen LogP) is 2.30. The molecule has 8 nitrogen and oxygen atoms in total. The van der Waals surface area contributed by atoms with Gasteiger partial charge in [-0.2, -0.15) is 0 Å². The lowest BCUT2D eigenvalue weighted by atomic mass is 9.87. The van der Waals surface area contributed by atoms with Crippen LogP contribution in [0.4, 0.5) is 30.4 Å². The molecule has 0 spiro atoms. The summed E-state index contributed by atoms with van der Waals surface area (Å²) < 4.78 is 41.2. The average molecular weight is 451 g/mol. The van der Waals surface area contributed by atoms with Crippen LogP contribution in [0.3, 0.4) is 0 Å². The van der Waals surface area contributed by atoms with E-state index in [0.717, 1.165) is 18.7 Å². The number of hydrogen-bond donors (Lipinski definition) is 4. The van der Waals surface area contributed by atoms with Crippen LogP contribution in [-0.4, -0.2) is 55.1 Å². The highest BCUT2D eigenvalue weighted by molar-refractivity contribution is 6.00. The molecule has 4 rings (SSSR count). The maximum absolute atomic E-state index is 12.5. The molecule has 1 aromatic carbocycles. The van der Waals surface area contributed by atoms with E-state index in [1.165, 1.54) is 24.3 Å². The minimum absolute atomic E-state index is 0.138. The summed E-state index contributed by atoms with van der Waals surface area (Å²) in [5.74, 6) is 0.0510. The first-order valence-corrected chi connectivity index (χ1v) is 10.3. The number of amides is 1. The number of pyridine rings is 1. The minimum atomic E-state index is -4.76. The number of aliphatic hydroxyl groups is 1. The number of anilines is 3. The smallest absolute Gasteiger partial charge is 0.406 e. The van der Waals surface area contributed by atoms with Gasteiger partial charge in [-0.3, -0.25) is 4.79 Å². The Kier molecular flexibility index (Phi) is 6.22. The summed E-state index contributed by atoms with van der Waals surface area (Å²) in [6.45, 7) is 1.97. The van der Waals surface area contributed by atoms with Crippen LogP contribution in [0.25, 0.3) is 0 Å². The van der Waals surface area contributed by atoms with Gasteiger partial charge in [0.2, 0.25) is 0 Å². The number of rotatable bonds is 7. The monoisotopic (exact) mass is 451 g/mol. The zero-order chi connectivity index (χ0) is 22.9. The lowest BCUT2D eigenvalue weighted by Gasteiger charge is -2.37. The zero-order valence-electron chi connectivity index (χ0n) is 17.3. The third-order valence-corrected chi connectivity index (χ3v) is 5.69. The van der Waals surface area contributed by atoms with Gasteiger partial charge in [0.1, 0.15) is 17.7 Å². The van der Waals surface area contributed by atoms with Gasteiger partial charge in [0, 0.05) is 55.5 Å². The number of hydrogen-bond acceptors (Lipinski definition) is 7. The van der Waals surface area contributed by atoms with E-state index >= 15 is 0 Å². The molecule has 2 fully saturated rings. The third-order valence-electron chi connectivity index (χ3n) is 5.69. The Bertz CT molecular complexity index is 966. The Hall–Kier alpha value is -2.89. The Balaban J connectivity index is 1.68. The van der Waals surface area contributed by atoms with Crippen LogP contribution in [0, 0.1) is 5.92 Å². The Morgan fingerprint density at radius 3 is 2.50 bits per heavy atom. The molecular weight excluding hydrogens is 427 g/mol. The Morgan fingerprint density at radius 2 is 1.97 bits per heavy atom. The van der Waals surface area contributed by atoms with Crippen molar-refractivity contribution < 1.29 is 27.8 Å². The summed E-state index contributed by atoms with van der Waals surface area (Å²) in [6, 6.07) is 6.96.